The monoisotopic (exact) mass is 300 g/mol. The number of nitrogens with zero attached hydrogens (tertiary/aromatic N) is 1. The fourth-order valence-electron chi connectivity index (χ4n) is 2.15. The van der Waals surface area contributed by atoms with Crippen molar-refractivity contribution in [1.82, 2.24) is 0 Å². The van der Waals surface area contributed by atoms with Gasteiger partial charge in [0, 0.05) is 25.3 Å². The Kier molecular flexibility index (Phi) is 4.24. The van der Waals surface area contributed by atoms with Gasteiger partial charge in [0.2, 0.25) is 0 Å². The van der Waals surface area contributed by atoms with Crippen LogP contribution in [0.25, 0.3) is 0 Å². The van der Waals surface area contributed by atoms with E-state index in [1.807, 2.05) is 0 Å². The molecular weight excluding hydrogens is 284 g/mol. The molecule has 0 saturated carbocycles. The predicted molar refractivity (Wildman–Crippen MR) is 73.6 cm³/mol. The average Bonchev–Trinajstić information content (AvgIpc) is 2.87. The molecule has 20 heavy (non-hydrogen) atoms. The maximum Gasteiger partial charge on any atom is 0.310 e. The van der Waals surface area contributed by atoms with E-state index in [9.17, 15) is 18.5 Å². The molecule has 1 aromatic carbocycles. The minimum absolute atomic E-state index is 0.227. The highest BCUT2D eigenvalue weighted by Crippen LogP contribution is 2.32. The van der Waals surface area contributed by atoms with Crippen LogP contribution < -0.4 is 5.32 Å². The second kappa shape index (κ2) is 5.76. The van der Waals surface area contributed by atoms with Crippen LogP contribution in [0.4, 0.5) is 11.4 Å². The molecule has 1 aliphatic rings. The van der Waals surface area contributed by atoms with Crippen LogP contribution in [-0.4, -0.2) is 39.4 Å². The normalized spacial score (nSPS) is 18.9. The van der Waals surface area contributed by atoms with Crippen molar-refractivity contribution in [3.8, 4) is 0 Å². The average molecular weight is 300 g/mol. The number of benzene rings is 1. The van der Waals surface area contributed by atoms with Crippen LogP contribution in [0.2, 0.25) is 0 Å². The van der Waals surface area contributed by atoms with E-state index in [0.29, 0.717) is 19.8 Å². The summed E-state index contributed by atoms with van der Waals surface area (Å²) in [6.45, 7) is 1.83. The Balaban J connectivity index is 2.30. The molecule has 0 aliphatic carbocycles. The summed E-state index contributed by atoms with van der Waals surface area (Å²) in [7, 11) is -3.64. The molecule has 1 saturated heterocycles. The van der Waals surface area contributed by atoms with Gasteiger partial charge in [-0.1, -0.05) is 6.07 Å². The lowest BCUT2D eigenvalue weighted by Crippen LogP contribution is -2.15. The Labute approximate surface area is 117 Å². The Bertz CT molecular complexity index is 608. The van der Waals surface area contributed by atoms with Gasteiger partial charge in [-0.3, -0.25) is 10.1 Å². The fourth-order valence-corrected chi connectivity index (χ4v) is 3.01. The molecule has 1 aromatic rings. The molecule has 1 fully saturated rings. The fraction of sp³-hybridized carbons (Fsp3) is 0.500. The van der Waals surface area contributed by atoms with Crippen molar-refractivity contribution in [2.24, 2.45) is 5.92 Å². The molecule has 110 valence electrons. The molecule has 1 aliphatic heterocycles. The molecule has 0 spiro atoms. The Morgan fingerprint density at radius 1 is 1.50 bits per heavy atom. The Morgan fingerprint density at radius 2 is 2.25 bits per heavy atom. The molecule has 0 amide bonds. The minimum Gasteiger partial charge on any atom is -0.381 e. The second-order valence-corrected chi connectivity index (χ2v) is 6.78. The van der Waals surface area contributed by atoms with Gasteiger partial charge in [0.25, 0.3) is 0 Å². The summed E-state index contributed by atoms with van der Waals surface area (Å²) in [4.78, 5) is 10.2. The molecule has 0 bridgehead atoms. The van der Waals surface area contributed by atoms with E-state index in [1.54, 1.807) is 0 Å². The van der Waals surface area contributed by atoms with Gasteiger partial charge in [0.1, 0.15) is 10.6 Å². The van der Waals surface area contributed by atoms with Crippen LogP contribution in [0.1, 0.15) is 6.42 Å². The molecule has 1 atom stereocenters. The molecule has 1 N–H and O–H groups in total. The van der Waals surface area contributed by atoms with E-state index >= 15 is 0 Å². The van der Waals surface area contributed by atoms with Crippen LogP contribution in [0, 0.1) is 16.0 Å². The zero-order chi connectivity index (χ0) is 14.8. The van der Waals surface area contributed by atoms with E-state index in [1.165, 1.54) is 18.2 Å². The summed E-state index contributed by atoms with van der Waals surface area (Å²) < 4.78 is 28.5. The maximum atomic E-state index is 11.6. The van der Waals surface area contributed by atoms with Crippen LogP contribution in [-0.2, 0) is 14.6 Å². The summed E-state index contributed by atoms with van der Waals surface area (Å²) in [5.41, 5.74) is -0.168. The third-order valence-corrected chi connectivity index (χ3v) is 4.31. The van der Waals surface area contributed by atoms with Crippen molar-refractivity contribution in [1.29, 1.82) is 0 Å². The summed E-state index contributed by atoms with van der Waals surface area (Å²) in [5, 5.41) is 14.1. The Morgan fingerprint density at radius 3 is 2.80 bits per heavy atom. The molecule has 7 nitrogen and oxygen atoms in total. The number of nitrogens with one attached hydrogen (secondary N) is 1. The van der Waals surface area contributed by atoms with E-state index in [-0.39, 0.29) is 16.5 Å². The molecule has 1 heterocycles. The van der Waals surface area contributed by atoms with Crippen molar-refractivity contribution in [2.45, 2.75) is 11.3 Å². The third kappa shape index (κ3) is 3.26. The highest BCUT2D eigenvalue weighted by atomic mass is 32.2. The third-order valence-electron chi connectivity index (χ3n) is 3.19. The van der Waals surface area contributed by atoms with Gasteiger partial charge in [-0.25, -0.2) is 8.42 Å². The summed E-state index contributed by atoms with van der Waals surface area (Å²) in [6.07, 6.45) is 1.86. The molecule has 8 heteroatoms. The topological polar surface area (TPSA) is 98.5 Å². The lowest BCUT2D eigenvalue weighted by molar-refractivity contribution is -0.386. The van der Waals surface area contributed by atoms with E-state index in [2.05, 4.69) is 5.32 Å². The molecule has 2 rings (SSSR count). The summed E-state index contributed by atoms with van der Waals surface area (Å²) >= 11 is 0. The first-order valence-electron chi connectivity index (χ1n) is 6.18. The van der Waals surface area contributed by atoms with Crippen molar-refractivity contribution < 1.29 is 18.1 Å². The van der Waals surface area contributed by atoms with Crippen LogP contribution >= 0.6 is 0 Å². The van der Waals surface area contributed by atoms with Gasteiger partial charge in [0.15, 0.2) is 9.84 Å². The minimum atomic E-state index is -3.64. The number of para-hydroxylation sites is 1. The quantitative estimate of drug-likeness (QED) is 0.652. The number of anilines is 1. The van der Waals surface area contributed by atoms with Crippen molar-refractivity contribution in [2.75, 3.05) is 31.3 Å². The molecule has 1 unspecified atom stereocenters. The first-order chi connectivity index (χ1) is 9.39. The maximum absolute atomic E-state index is 11.6. The van der Waals surface area contributed by atoms with Crippen LogP contribution in [0.5, 0.6) is 0 Å². The van der Waals surface area contributed by atoms with E-state index in [4.69, 9.17) is 4.74 Å². The van der Waals surface area contributed by atoms with Gasteiger partial charge in [0.05, 0.1) is 11.5 Å². The van der Waals surface area contributed by atoms with Crippen molar-refractivity contribution in [3.05, 3.63) is 28.3 Å². The molecular formula is C12H16N2O5S. The van der Waals surface area contributed by atoms with Gasteiger partial charge in [-0.2, -0.15) is 0 Å². The number of hydrogen-bond donors (Lipinski definition) is 1. The first-order valence-corrected chi connectivity index (χ1v) is 8.08. The SMILES string of the molecule is CS(=O)(=O)c1cccc(NCC2CCOC2)c1[N+](=O)[O-]. The van der Waals surface area contributed by atoms with Crippen molar-refractivity contribution in [3.63, 3.8) is 0 Å². The number of nitro groups is 1. The number of rotatable bonds is 5. The summed E-state index contributed by atoms with van der Waals surface area (Å²) in [5.74, 6) is 0.288. The second-order valence-electron chi connectivity index (χ2n) is 4.79. The zero-order valence-electron chi connectivity index (χ0n) is 11.0. The highest BCUT2D eigenvalue weighted by molar-refractivity contribution is 7.90. The molecule has 0 aromatic heterocycles. The van der Waals surface area contributed by atoms with Gasteiger partial charge >= 0.3 is 5.69 Å². The zero-order valence-corrected chi connectivity index (χ0v) is 11.9. The van der Waals surface area contributed by atoms with E-state index in [0.717, 1.165) is 12.7 Å². The lowest BCUT2D eigenvalue weighted by Gasteiger charge is -2.12. The number of hydrogen-bond acceptors (Lipinski definition) is 6. The smallest absolute Gasteiger partial charge is 0.310 e. The first kappa shape index (κ1) is 14.7. The van der Waals surface area contributed by atoms with Crippen molar-refractivity contribution >= 4 is 21.2 Å². The number of sulfone groups is 1. The Hall–Kier alpha value is -1.67. The number of nitro benzene ring substituents is 1. The highest BCUT2D eigenvalue weighted by Gasteiger charge is 2.26. The largest absolute Gasteiger partial charge is 0.381 e. The molecule has 0 radical (unpaired) electrons. The van der Waals surface area contributed by atoms with Crippen LogP contribution in [0.15, 0.2) is 23.1 Å². The lowest BCUT2D eigenvalue weighted by atomic mass is 10.1. The van der Waals surface area contributed by atoms with Gasteiger partial charge in [-0.05, 0) is 18.6 Å². The van der Waals surface area contributed by atoms with E-state index < -0.39 is 20.4 Å². The summed E-state index contributed by atoms with van der Waals surface area (Å²) in [6, 6.07) is 4.26. The predicted octanol–water partition coefficient (Wildman–Crippen LogP) is 1.45. The van der Waals surface area contributed by atoms with Gasteiger partial charge < -0.3 is 10.1 Å². The standard InChI is InChI=1S/C12H16N2O5S/c1-20(17,18)11-4-2-3-10(12(11)14(15)16)13-7-9-5-6-19-8-9/h2-4,9,13H,5-8H2,1H3. The van der Waals surface area contributed by atoms with Crippen LogP contribution in [0.3, 0.4) is 0 Å². The van der Waals surface area contributed by atoms with Gasteiger partial charge in [-0.15, -0.1) is 0 Å². The number of ether oxygens (including phenoxy) is 1.